The number of nitrogens with zero attached hydrogens (tertiary/aromatic N) is 1. The van der Waals surface area contributed by atoms with Crippen LogP contribution >= 0.6 is 12.4 Å². The van der Waals surface area contributed by atoms with Crippen molar-refractivity contribution in [3.63, 3.8) is 0 Å². The first kappa shape index (κ1) is 21.1. The molecule has 1 unspecified atom stereocenters. The topological polar surface area (TPSA) is 87.7 Å². The van der Waals surface area contributed by atoms with Crippen LogP contribution in [-0.4, -0.2) is 64.1 Å². The second-order valence-electron chi connectivity index (χ2n) is 6.42. The third-order valence-electron chi connectivity index (χ3n) is 4.60. The average Bonchev–Trinajstić information content (AvgIpc) is 3.14. The van der Waals surface area contributed by atoms with Gasteiger partial charge in [-0.15, -0.1) is 12.4 Å². The van der Waals surface area contributed by atoms with Crippen molar-refractivity contribution in [3.8, 4) is 0 Å². The predicted octanol–water partition coefficient (Wildman–Crippen LogP) is 0.540. The van der Waals surface area contributed by atoms with Crippen molar-refractivity contribution in [3.05, 3.63) is 29.8 Å². The van der Waals surface area contributed by atoms with Crippen molar-refractivity contribution in [1.29, 1.82) is 0 Å². The third kappa shape index (κ3) is 5.40. The highest BCUT2D eigenvalue weighted by Gasteiger charge is 2.26. The number of morpholine rings is 1. The SMILES string of the molecule is Cl.O=C(CCc1ccc(S(=O)(=O)N2CCOCC2)cc1)NC1CCNC1. The van der Waals surface area contributed by atoms with Gasteiger partial charge in [0.2, 0.25) is 15.9 Å². The quantitative estimate of drug-likeness (QED) is 0.723. The largest absolute Gasteiger partial charge is 0.379 e. The maximum absolute atomic E-state index is 12.6. The van der Waals surface area contributed by atoms with E-state index in [2.05, 4.69) is 10.6 Å². The Bertz CT molecular complexity index is 684. The Labute approximate surface area is 160 Å². The number of rotatable bonds is 6. The van der Waals surface area contributed by atoms with Crippen LogP contribution in [0.4, 0.5) is 0 Å². The molecule has 1 atom stereocenters. The molecule has 1 amide bonds. The van der Waals surface area contributed by atoms with Crippen molar-refractivity contribution in [2.24, 2.45) is 0 Å². The van der Waals surface area contributed by atoms with Crippen LogP contribution in [0.1, 0.15) is 18.4 Å². The van der Waals surface area contributed by atoms with Gasteiger partial charge >= 0.3 is 0 Å². The normalized spacial score (nSPS) is 21.2. The van der Waals surface area contributed by atoms with Gasteiger partial charge in [0.05, 0.1) is 18.1 Å². The third-order valence-corrected chi connectivity index (χ3v) is 6.51. The zero-order chi connectivity index (χ0) is 17.7. The van der Waals surface area contributed by atoms with Gasteiger partial charge in [0.1, 0.15) is 0 Å². The van der Waals surface area contributed by atoms with Crippen LogP contribution in [0.25, 0.3) is 0 Å². The van der Waals surface area contributed by atoms with Crippen LogP contribution < -0.4 is 10.6 Å². The Morgan fingerprint density at radius 3 is 2.54 bits per heavy atom. The second kappa shape index (κ2) is 9.66. The van der Waals surface area contributed by atoms with E-state index in [9.17, 15) is 13.2 Å². The number of carbonyl (C=O) groups is 1. The van der Waals surface area contributed by atoms with Gasteiger partial charge in [-0.05, 0) is 37.1 Å². The molecule has 1 aromatic carbocycles. The highest BCUT2D eigenvalue weighted by molar-refractivity contribution is 7.89. The number of hydrogen-bond acceptors (Lipinski definition) is 5. The molecule has 0 aromatic heterocycles. The summed E-state index contributed by atoms with van der Waals surface area (Å²) in [6.45, 7) is 3.43. The summed E-state index contributed by atoms with van der Waals surface area (Å²) >= 11 is 0. The van der Waals surface area contributed by atoms with E-state index in [0.29, 0.717) is 44.0 Å². The van der Waals surface area contributed by atoms with Gasteiger partial charge in [0, 0.05) is 32.1 Å². The Morgan fingerprint density at radius 2 is 1.92 bits per heavy atom. The summed E-state index contributed by atoms with van der Waals surface area (Å²) in [6, 6.07) is 7.06. The van der Waals surface area contributed by atoms with Crippen molar-refractivity contribution < 1.29 is 17.9 Å². The molecule has 2 fully saturated rings. The van der Waals surface area contributed by atoms with Crippen LogP contribution in [0.5, 0.6) is 0 Å². The van der Waals surface area contributed by atoms with Crippen LogP contribution in [0.15, 0.2) is 29.2 Å². The zero-order valence-electron chi connectivity index (χ0n) is 14.6. The lowest BCUT2D eigenvalue weighted by molar-refractivity contribution is -0.121. The van der Waals surface area contributed by atoms with Crippen molar-refractivity contribution in [2.75, 3.05) is 39.4 Å². The summed E-state index contributed by atoms with van der Waals surface area (Å²) in [4.78, 5) is 12.2. The number of ether oxygens (including phenoxy) is 1. The van der Waals surface area contributed by atoms with Crippen LogP contribution in [0.3, 0.4) is 0 Å². The first-order valence-corrected chi connectivity index (χ1v) is 10.2. The lowest BCUT2D eigenvalue weighted by Gasteiger charge is -2.26. The summed E-state index contributed by atoms with van der Waals surface area (Å²) in [5.41, 5.74) is 0.959. The van der Waals surface area contributed by atoms with E-state index >= 15 is 0 Å². The molecule has 2 aliphatic rings. The molecule has 3 rings (SSSR count). The first-order valence-electron chi connectivity index (χ1n) is 8.72. The van der Waals surface area contributed by atoms with Gasteiger partial charge in [-0.25, -0.2) is 8.42 Å². The maximum Gasteiger partial charge on any atom is 0.243 e. The molecule has 2 saturated heterocycles. The molecule has 26 heavy (non-hydrogen) atoms. The predicted molar refractivity (Wildman–Crippen MR) is 101 cm³/mol. The summed E-state index contributed by atoms with van der Waals surface area (Å²) in [6.07, 6.45) is 1.98. The summed E-state index contributed by atoms with van der Waals surface area (Å²) in [5, 5.41) is 6.23. The van der Waals surface area contributed by atoms with E-state index in [-0.39, 0.29) is 24.4 Å². The molecule has 0 radical (unpaired) electrons. The van der Waals surface area contributed by atoms with E-state index in [4.69, 9.17) is 4.74 Å². The molecule has 0 spiro atoms. The molecular weight excluding hydrogens is 378 g/mol. The molecule has 146 valence electrons. The fourth-order valence-electron chi connectivity index (χ4n) is 3.10. The molecule has 0 aliphatic carbocycles. The number of nitrogens with one attached hydrogen (secondary N) is 2. The van der Waals surface area contributed by atoms with Crippen LogP contribution in [-0.2, 0) is 26.0 Å². The monoisotopic (exact) mass is 403 g/mol. The van der Waals surface area contributed by atoms with Gasteiger partial charge in [0.15, 0.2) is 0 Å². The number of hydrogen-bond donors (Lipinski definition) is 2. The summed E-state index contributed by atoms with van der Waals surface area (Å²) in [5.74, 6) is 0.0405. The summed E-state index contributed by atoms with van der Waals surface area (Å²) < 4.78 is 31.8. The molecule has 0 saturated carbocycles. The second-order valence-corrected chi connectivity index (χ2v) is 8.36. The fourth-order valence-corrected chi connectivity index (χ4v) is 4.51. The number of halogens is 1. The lowest BCUT2D eigenvalue weighted by atomic mass is 10.1. The molecule has 0 bridgehead atoms. The zero-order valence-corrected chi connectivity index (χ0v) is 16.3. The maximum atomic E-state index is 12.6. The van der Waals surface area contributed by atoms with Crippen molar-refractivity contribution in [2.45, 2.75) is 30.2 Å². The summed E-state index contributed by atoms with van der Waals surface area (Å²) in [7, 11) is -3.46. The van der Waals surface area contributed by atoms with Gasteiger partial charge in [-0.1, -0.05) is 12.1 Å². The highest BCUT2D eigenvalue weighted by atomic mass is 35.5. The number of carbonyl (C=O) groups excluding carboxylic acids is 1. The smallest absolute Gasteiger partial charge is 0.243 e. The van der Waals surface area contributed by atoms with Crippen LogP contribution in [0, 0.1) is 0 Å². The van der Waals surface area contributed by atoms with Gasteiger partial charge in [-0.3, -0.25) is 4.79 Å². The van der Waals surface area contributed by atoms with Crippen molar-refractivity contribution in [1.82, 2.24) is 14.9 Å². The highest BCUT2D eigenvalue weighted by Crippen LogP contribution is 2.18. The molecule has 2 aliphatic heterocycles. The number of aryl methyl sites for hydroxylation is 1. The van der Waals surface area contributed by atoms with E-state index in [1.54, 1.807) is 24.3 Å². The fraction of sp³-hybridized carbons (Fsp3) is 0.588. The van der Waals surface area contributed by atoms with Crippen molar-refractivity contribution >= 4 is 28.3 Å². The molecule has 7 nitrogen and oxygen atoms in total. The number of amides is 1. The Hall–Kier alpha value is -1.19. The van der Waals surface area contributed by atoms with Gasteiger partial charge in [-0.2, -0.15) is 4.31 Å². The average molecular weight is 404 g/mol. The molecule has 2 heterocycles. The molecule has 9 heteroatoms. The minimum atomic E-state index is -3.46. The Balaban J connectivity index is 0.00000243. The van der Waals surface area contributed by atoms with Crippen LogP contribution in [0.2, 0.25) is 0 Å². The standard InChI is InChI=1S/C17H25N3O4S.ClH/c21-17(19-15-7-8-18-13-15)6-3-14-1-4-16(5-2-14)25(22,23)20-9-11-24-12-10-20;/h1-2,4-5,15,18H,3,6-13H2,(H,19,21);1H. The number of sulfonamides is 1. The van der Waals surface area contributed by atoms with E-state index in [1.807, 2.05) is 0 Å². The first-order chi connectivity index (χ1) is 12.1. The van der Waals surface area contributed by atoms with E-state index < -0.39 is 10.0 Å². The molecular formula is C17H26ClN3O4S. The molecule has 2 N–H and O–H groups in total. The minimum Gasteiger partial charge on any atom is -0.379 e. The van der Waals surface area contributed by atoms with Gasteiger partial charge in [0.25, 0.3) is 0 Å². The van der Waals surface area contributed by atoms with E-state index in [0.717, 1.165) is 25.1 Å². The Morgan fingerprint density at radius 1 is 1.23 bits per heavy atom. The molecule has 1 aromatic rings. The lowest BCUT2D eigenvalue weighted by Crippen LogP contribution is -2.40. The van der Waals surface area contributed by atoms with E-state index in [1.165, 1.54) is 4.31 Å². The van der Waals surface area contributed by atoms with Gasteiger partial charge < -0.3 is 15.4 Å². The number of benzene rings is 1. The minimum absolute atomic E-state index is 0. The Kier molecular flexibility index (Phi) is 7.85.